The summed E-state index contributed by atoms with van der Waals surface area (Å²) in [5.41, 5.74) is 10.9. The fourth-order valence-electron chi connectivity index (χ4n) is 7.26. The van der Waals surface area contributed by atoms with Gasteiger partial charge < -0.3 is 4.74 Å². The Bertz CT molecular complexity index is 2120. The van der Waals surface area contributed by atoms with E-state index in [4.69, 9.17) is 4.74 Å². The van der Waals surface area contributed by atoms with E-state index in [2.05, 4.69) is 108 Å². The molecule has 3 aliphatic rings. The molecule has 1 heterocycles. The van der Waals surface area contributed by atoms with Gasteiger partial charge in [0.25, 0.3) is 0 Å². The first-order valence-electron chi connectivity index (χ1n) is 14.5. The highest BCUT2D eigenvalue weighted by Gasteiger charge is 2.30. The number of allylic oxidation sites excluding steroid dienone is 5. The number of benzene rings is 5. The Kier molecular flexibility index (Phi) is 4.89. The van der Waals surface area contributed by atoms with E-state index in [0.29, 0.717) is 0 Å². The molecule has 0 aliphatic heterocycles. The van der Waals surface area contributed by atoms with Crippen LogP contribution in [0.4, 0.5) is 0 Å². The van der Waals surface area contributed by atoms with Gasteiger partial charge in [0.1, 0.15) is 11.5 Å². The molecular weight excluding hydrogens is 498 g/mol. The molecule has 6 aromatic rings. The third-order valence-corrected chi connectivity index (χ3v) is 9.13. The molecule has 0 unspecified atom stereocenters. The smallest absolute Gasteiger partial charge is 0.142 e. The molecule has 2 nitrogen and oxygen atoms in total. The van der Waals surface area contributed by atoms with E-state index >= 15 is 0 Å². The molecule has 1 aromatic heterocycles. The third kappa shape index (κ3) is 3.40. The van der Waals surface area contributed by atoms with Crippen LogP contribution in [0.1, 0.15) is 41.5 Å². The number of hydrogen-bond donors (Lipinski definition) is 0. The molecule has 0 saturated heterocycles. The minimum absolute atomic E-state index is 0.910. The molecule has 0 atom stereocenters. The van der Waals surface area contributed by atoms with Crippen molar-refractivity contribution in [1.29, 1.82) is 0 Å². The summed E-state index contributed by atoms with van der Waals surface area (Å²) >= 11 is 0. The molecule has 0 spiro atoms. The van der Waals surface area contributed by atoms with E-state index in [0.717, 1.165) is 53.4 Å². The Labute approximate surface area is 238 Å². The van der Waals surface area contributed by atoms with E-state index in [1.165, 1.54) is 60.7 Å². The summed E-state index contributed by atoms with van der Waals surface area (Å²) in [7, 11) is 0. The second-order valence-corrected chi connectivity index (χ2v) is 11.3. The summed E-state index contributed by atoms with van der Waals surface area (Å²) in [5.74, 6) is 2.05. The molecule has 3 aliphatic carbocycles. The van der Waals surface area contributed by atoms with Gasteiger partial charge >= 0.3 is 0 Å². The number of hydrogen-bond acceptors (Lipinski definition) is 2. The second kappa shape index (κ2) is 8.78. The summed E-state index contributed by atoms with van der Waals surface area (Å²) in [4.78, 5) is 4.59. The van der Waals surface area contributed by atoms with Crippen molar-refractivity contribution >= 4 is 49.5 Å². The van der Waals surface area contributed by atoms with Crippen LogP contribution in [0.5, 0.6) is 5.75 Å². The quantitative estimate of drug-likeness (QED) is 0.214. The Morgan fingerprint density at radius 1 is 0.659 bits per heavy atom. The fourth-order valence-corrected chi connectivity index (χ4v) is 7.26. The van der Waals surface area contributed by atoms with Gasteiger partial charge in [0, 0.05) is 40.5 Å². The average Bonchev–Trinajstić information content (AvgIpc) is 3.04. The minimum Gasteiger partial charge on any atom is -0.460 e. The Morgan fingerprint density at radius 3 is 2.46 bits per heavy atom. The van der Waals surface area contributed by atoms with Crippen LogP contribution >= 0.6 is 0 Å². The van der Waals surface area contributed by atoms with E-state index in [1.807, 2.05) is 12.4 Å². The van der Waals surface area contributed by atoms with Gasteiger partial charge in [-0.1, -0.05) is 91.0 Å². The normalized spacial score (nSPS) is 15.4. The molecule has 0 radical (unpaired) electrons. The fraction of sp³-hybridized carbons (Fsp3) is 0.103. The van der Waals surface area contributed by atoms with Crippen LogP contribution in [0.3, 0.4) is 0 Å². The number of ether oxygens (including phenoxy) is 1. The third-order valence-electron chi connectivity index (χ3n) is 9.13. The summed E-state index contributed by atoms with van der Waals surface area (Å²) in [6, 6.07) is 30.8. The first-order chi connectivity index (χ1) is 20.3. The van der Waals surface area contributed by atoms with Gasteiger partial charge in [0.15, 0.2) is 0 Å². The molecular formula is C39H27NO. The zero-order valence-corrected chi connectivity index (χ0v) is 22.7. The maximum absolute atomic E-state index is 7.12. The van der Waals surface area contributed by atoms with Crippen molar-refractivity contribution in [3.05, 3.63) is 137 Å². The summed E-state index contributed by atoms with van der Waals surface area (Å²) < 4.78 is 7.12. The number of pyridine rings is 1. The lowest BCUT2D eigenvalue weighted by Gasteiger charge is -2.32. The van der Waals surface area contributed by atoms with Gasteiger partial charge in [-0.15, -0.1) is 0 Å². The molecule has 0 amide bonds. The molecule has 194 valence electrons. The zero-order valence-electron chi connectivity index (χ0n) is 22.7. The van der Waals surface area contributed by atoms with Gasteiger partial charge in [-0.25, -0.2) is 0 Å². The van der Waals surface area contributed by atoms with Crippen molar-refractivity contribution in [2.45, 2.75) is 25.7 Å². The molecule has 41 heavy (non-hydrogen) atoms. The van der Waals surface area contributed by atoms with Crippen LogP contribution in [0.2, 0.25) is 0 Å². The van der Waals surface area contributed by atoms with Crippen LogP contribution in [-0.4, -0.2) is 4.98 Å². The van der Waals surface area contributed by atoms with Crippen LogP contribution < -0.4 is 4.74 Å². The van der Waals surface area contributed by atoms with Crippen LogP contribution in [0.15, 0.2) is 115 Å². The molecule has 0 saturated carbocycles. The number of aryl methyl sites for hydroxylation is 1. The molecule has 9 rings (SSSR count). The lowest BCUT2D eigenvalue weighted by atomic mass is 9.75. The number of nitrogens with zero attached hydrogens (tertiary/aromatic N) is 1. The monoisotopic (exact) mass is 525 g/mol. The first kappa shape index (κ1) is 22.8. The SMILES string of the molecule is C1=Cc2ccc3c4c2C(=CCC4=C(Oc2c4ccccc4c(-c4ccc5ccccc5c4)c4cnccc24)CC3)C1. The molecule has 0 bridgehead atoms. The first-order valence-corrected chi connectivity index (χ1v) is 14.5. The van der Waals surface area contributed by atoms with E-state index in [-0.39, 0.29) is 0 Å². The highest BCUT2D eigenvalue weighted by atomic mass is 16.5. The standard InChI is InChI=1S/C39H27NO/c1-2-7-28-22-29(15-12-24(28)6-1)37-30-10-3-4-11-31(30)39(32-20-21-40-23-34(32)37)41-35-19-17-27-14-13-25-8-5-9-26-16-18-33(35)38(27)36(25)26/h1-8,10-16,20-23H,9,17-19H2. The number of aromatic nitrogens is 1. The lowest BCUT2D eigenvalue weighted by molar-refractivity contribution is 0.410. The van der Waals surface area contributed by atoms with Gasteiger partial charge in [-0.05, 0) is 86.5 Å². The highest BCUT2D eigenvalue weighted by Crippen LogP contribution is 2.49. The predicted molar refractivity (Wildman–Crippen MR) is 171 cm³/mol. The van der Waals surface area contributed by atoms with E-state index < -0.39 is 0 Å². The largest absolute Gasteiger partial charge is 0.460 e. The maximum Gasteiger partial charge on any atom is 0.142 e. The summed E-state index contributed by atoms with van der Waals surface area (Å²) in [5, 5.41) is 7.03. The van der Waals surface area contributed by atoms with Crippen molar-refractivity contribution in [2.24, 2.45) is 0 Å². The van der Waals surface area contributed by atoms with Crippen LogP contribution in [0, 0.1) is 0 Å². The molecule has 5 aromatic carbocycles. The van der Waals surface area contributed by atoms with Crippen LogP contribution in [-0.2, 0) is 6.42 Å². The maximum atomic E-state index is 7.12. The average molecular weight is 526 g/mol. The van der Waals surface area contributed by atoms with Crippen LogP contribution in [0.25, 0.3) is 60.7 Å². The topological polar surface area (TPSA) is 22.1 Å². The minimum atomic E-state index is 0.910. The van der Waals surface area contributed by atoms with Crippen molar-refractivity contribution < 1.29 is 4.74 Å². The number of rotatable bonds is 3. The Hall–Kier alpha value is -4.95. The van der Waals surface area contributed by atoms with Gasteiger partial charge in [0.2, 0.25) is 0 Å². The zero-order chi connectivity index (χ0) is 26.9. The molecule has 0 fully saturated rings. The van der Waals surface area contributed by atoms with E-state index in [9.17, 15) is 0 Å². The Morgan fingerprint density at radius 2 is 1.51 bits per heavy atom. The van der Waals surface area contributed by atoms with Gasteiger partial charge in [-0.2, -0.15) is 0 Å². The van der Waals surface area contributed by atoms with Gasteiger partial charge in [0.05, 0.1) is 0 Å². The highest BCUT2D eigenvalue weighted by molar-refractivity contribution is 6.17. The Balaban J connectivity index is 1.28. The predicted octanol–water partition coefficient (Wildman–Crippen LogP) is 10.1. The summed E-state index contributed by atoms with van der Waals surface area (Å²) in [6.07, 6.45) is 14.7. The number of fused-ring (bicyclic) bond motifs is 3. The van der Waals surface area contributed by atoms with Crippen molar-refractivity contribution in [3.63, 3.8) is 0 Å². The van der Waals surface area contributed by atoms with Crippen molar-refractivity contribution in [3.8, 4) is 16.9 Å². The van der Waals surface area contributed by atoms with E-state index in [1.54, 1.807) is 0 Å². The van der Waals surface area contributed by atoms with Gasteiger partial charge in [-0.3, -0.25) is 4.98 Å². The lowest BCUT2D eigenvalue weighted by Crippen LogP contribution is -2.15. The van der Waals surface area contributed by atoms with Crippen molar-refractivity contribution in [2.75, 3.05) is 0 Å². The second-order valence-electron chi connectivity index (χ2n) is 11.3. The molecule has 0 N–H and O–H groups in total. The molecule has 2 heteroatoms. The van der Waals surface area contributed by atoms with Crippen molar-refractivity contribution in [1.82, 2.24) is 4.98 Å². The summed E-state index contributed by atoms with van der Waals surface area (Å²) in [6.45, 7) is 0.